The van der Waals surface area contributed by atoms with Crippen LogP contribution in [0.2, 0.25) is 0 Å². The largest absolute Gasteiger partial charge is 0.481 e. The summed E-state index contributed by atoms with van der Waals surface area (Å²) >= 11 is 0. The van der Waals surface area contributed by atoms with Gasteiger partial charge in [0.25, 0.3) is 5.91 Å². The number of nitrogens with zero attached hydrogens (tertiary/aromatic N) is 3. The van der Waals surface area contributed by atoms with Crippen LogP contribution in [0.5, 0.6) is 0 Å². The summed E-state index contributed by atoms with van der Waals surface area (Å²) in [6.07, 6.45) is 2.85. The Morgan fingerprint density at radius 1 is 1.25 bits per heavy atom. The Hall–Kier alpha value is -2.63. The van der Waals surface area contributed by atoms with Gasteiger partial charge in [-0.3, -0.25) is 9.59 Å². The summed E-state index contributed by atoms with van der Waals surface area (Å²) in [5.41, 5.74) is 1.29. The first kappa shape index (κ1) is 16.2. The van der Waals surface area contributed by atoms with Gasteiger partial charge in [0, 0.05) is 13.1 Å². The second-order valence-electron chi connectivity index (χ2n) is 6.59. The molecule has 1 amide bonds. The molecule has 6 nitrogen and oxygen atoms in total. The molecular weight excluding hydrogens is 306 g/mol. The van der Waals surface area contributed by atoms with E-state index in [2.05, 4.69) is 5.10 Å². The van der Waals surface area contributed by atoms with E-state index in [0.29, 0.717) is 24.9 Å². The first-order valence-corrected chi connectivity index (χ1v) is 8.05. The summed E-state index contributed by atoms with van der Waals surface area (Å²) < 4.78 is 1.73. The van der Waals surface area contributed by atoms with Crippen LogP contribution in [0.1, 0.15) is 35.8 Å². The fraction of sp³-hybridized carbons (Fsp3) is 0.389. The summed E-state index contributed by atoms with van der Waals surface area (Å²) in [5.74, 6) is -1.00. The zero-order valence-corrected chi connectivity index (χ0v) is 13.9. The number of benzene rings is 1. The van der Waals surface area contributed by atoms with Gasteiger partial charge in [-0.1, -0.05) is 18.2 Å². The number of aliphatic carboxylic acids is 1. The van der Waals surface area contributed by atoms with Crippen molar-refractivity contribution in [2.45, 2.75) is 26.7 Å². The number of rotatable bonds is 3. The van der Waals surface area contributed by atoms with Crippen LogP contribution in [0.3, 0.4) is 0 Å². The molecule has 24 heavy (non-hydrogen) atoms. The van der Waals surface area contributed by atoms with Crippen LogP contribution in [0.25, 0.3) is 5.69 Å². The van der Waals surface area contributed by atoms with Crippen molar-refractivity contribution < 1.29 is 14.7 Å². The van der Waals surface area contributed by atoms with Crippen molar-refractivity contribution in [1.82, 2.24) is 14.7 Å². The highest BCUT2D eigenvalue weighted by Crippen LogP contribution is 2.30. The molecule has 1 unspecified atom stereocenters. The number of para-hydroxylation sites is 1. The maximum atomic E-state index is 12.9. The molecule has 0 radical (unpaired) electrons. The van der Waals surface area contributed by atoms with Gasteiger partial charge in [-0.15, -0.1) is 0 Å². The lowest BCUT2D eigenvalue weighted by Gasteiger charge is -2.37. The van der Waals surface area contributed by atoms with E-state index < -0.39 is 11.4 Å². The van der Waals surface area contributed by atoms with E-state index >= 15 is 0 Å². The molecule has 3 rings (SSSR count). The fourth-order valence-corrected chi connectivity index (χ4v) is 3.21. The molecule has 0 aliphatic carbocycles. The molecule has 2 heterocycles. The lowest BCUT2D eigenvalue weighted by molar-refractivity contribution is -0.150. The summed E-state index contributed by atoms with van der Waals surface area (Å²) in [6.45, 7) is 4.37. The van der Waals surface area contributed by atoms with Crippen molar-refractivity contribution in [3.05, 3.63) is 47.8 Å². The van der Waals surface area contributed by atoms with Crippen LogP contribution < -0.4 is 0 Å². The molecule has 1 N–H and O–H groups in total. The number of aromatic nitrogens is 2. The average molecular weight is 327 g/mol. The molecule has 0 bridgehead atoms. The van der Waals surface area contributed by atoms with Crippen molar-refractivity contribution in [3.8, 4) is 5.69 Å². The van der Waals surface area contributed by atoms with Gasteiger partial charge in [0.15, 0.2) is 0 Å². The van der Waals surface area contributed by atoms with Gasteiger partial charge >= 0.3 is 5.97 Å². The Balaban J connectivity index is 1.86. The van der Waals surface area contributed by atoms with Crippen LogP contribution in [0, 0.1) is 12.3 Å². The summed E-state index contributed by atoms with van der Waals surface area (Å²) in [6, 6.07) is 9.61. The zero-order valence-electron chi connectivity index (χ0n) is 13.9. The molecule has 1 saturated heterocycles. The minimum Gasteiger partial charge on any atom is -0.481 e. The molecule has 0 spiro atoms. The number of hydrogen-bond donors (Lipinski definition) is 1. The van der Waals surface area contributed by atoms with Gasteiger partial charge in [-0.25, -0.2) is 4.68 Å². The Morgan fingerprint density at radius 2 is 1.96 bits per heavy atom. The number of carbonyl (C=O) groups is 2. The second kappa shape index (κ2) is 6.11. The van der Waals surface area contributed by atoms with Crippen molar-refractivity contribution in [3.63, 3.8) is 0 Å². The van der Waals surface area contributed by atoms with Crippen LogP contribution in [-0.4, -0.2) is 44.8 Å². The maximum Gasteiger partial charge on any atom is 0.311 e. The number of carboxylic acid groups (broad SMARTS) is 1. The monoisotopic (exact) mass is 327 g/mol. The van der Waals surface area contributed by atoms with Gasteiger partial charge in [0.2, 0.25) is 0 Å². The van der Waals surface area contributed by atoms with Gasteiger partial charge in [0.05, 0.1) is 28.6 Å². The van der Waals surface area contributed by atoms with E-state index in [1.807, 2.05) is 37.3 Å². The van der Waals surface area contributed by atoms with Crippen LogP contribution >= 0.6 is 0 Å². The van der Waals surface area contributed by atoms with Gasteiger partial charge in [-0.2, -0.15) is 5.10 Å². The van der Waals surface area contributed by atoms with Gasteiger partial charge < -0.3 is 10.0 Å². The highest BCUT2D eigenvalue weighted by molar-refractivity contribution is 5.95. The topological polar surface area (TPSA) is 75.4 Å². The number of carboxylic acids is 1. The number of piperidine rings is 1. The zero-order chi connectivity index (χ0) is 17.3. The van der Waals surface area contributed by atoms with Crippen molar-refractivity contribution in [2.24, 2.45) is 5.41 Å². The Labute approximate surface area is 140 Å². The Morgan fingerprint density at radius 3 is 2.62 bits per heavy atom. The molecule has 1 aromatic carbocycles. The quantitative estimate of drug-likeness (QED) is 0.940. The van der Waals surface area contributed by atoms with Gasteiger partial charge in [-0.05, 0) is 38.8 Å². The third kappa shape index (κ3) is 2.79. The highest BCUT2D eigenvalue weighted by Gasteiger charge is 2.40. The number of hydrogen-bond acceptors (Lipinski definition) is 3. The minimum atomic E-state index is -0.878. The SMILES string of the molecule is Cc1c(C(=O)N2CCCC(C)(C(=O)O)C2)cnn1-c1ccccc1. The Bertz CT molecular complexity index is 769. The molecule has 126 valence electrons. The van der Waals surface area contributed by atoms with E-state index in [1.54, 1.807) is 22.7 Å². The molecule has 1 aliphatic heterocycles. The predicted octanol–water partition coefficient (Wildman–Crippen LogP) is 2.51. The normalized spacial score (nSPS) is 20.8. The van der Waals surface area contributed by atoms with E-state index in [-0.39, 0.29) is 12.5 Å². The Kier molecular flexibility index (Phi) is 4.13. The van der Waals surface area contributed by atoms with E-state index in [0.717, 1.165) is 11.4 Å². The van der Waals surface area contributed by atoms with E-state index in [1.165, 1.54) is 0 Å². The maximum absolute atomic E-state index is 12.9. The first-order chi connectivity index (χ1) is 11.4. The summed E-state index contributed by atoms with van der Waals surface area (Å²) in [5, 5.41) is 13.7. The lowest BCUT2D eigenvalue weighted by atomic mass is 9.82. The van der Waals surface area contributed by atoms with Crippen molar-refractivity contribution >= 4 is 11.9 Å². The van der Waals surface area contributed by atoms with E-state index in [4.69, 9.17) is 0 Å². The van der Waals surface area contributed by atoms with E-state index in [9.17, 15) is 14.7 Å². The molecule has 0 saturated carbocycles. The second-order valence-corrected chi connectivity index (χ2v) is 6.59. The average Bonchev–Trinajstić information content (AvgIpc) is 2.96. The fourth-order valence-electron chi connectivity index (χ4n) is 3.21. The molecule has 2 aromatic rings. The number of likely N-dealkylation sites (tertiary alicyclic amines) is 1. The predicted molar refractivity (Wildman–Crippen MR) is 89.2 cm³/mol. The molecule has 1 atom stereocenters. The third-order valence-corrected chi connectivity index (χ3v) is 4.74. The van der Waals surface area contributed by atoms with Crippen LogP contribution in [0.15, 0.2) is 36.5 Å². The smallest absolute Gasteiger partial charge is 0.311 e. The molecule has 1 aliphatic rings. The summed E-state index contributed by atoms with van der Waals surface area (Å²) in [7, 11) is 0. The highest BCUT2D eigenvalue weighted by atomic mass is 16.4. The standard InChI is InChI=1S/C18H21N3O3/c1-13-15(11-19-21(13)14-7-4-3-5-8-14)16(22)20-10-6-9-18(2,12-20)17(23)24/h3-5,7-8,11H,6,9-10,12H2,1-2H3,(H,23,24). The molecule has 1 fully saturated rings. The van der Waals surface area contributed by atoms with Gasteiger partial charge in [0.1, 0.15) is 0 Å². The van der Waals surface area contributed by atoms with Crippen LogP contribution in [-0.2, 0) is 4.79 Å². The molecular formula is C18H21N3O3. The van der Waals surface area contributed by atoms with Crippen LogP contribution in [0.4, 0.5) is 0 Å². The summed E-state index contributed by atoms with van der Waals surface area (Å²) in [4.78, 5) is 26.0. The minimum absolute atomic E-state index is 0.151. The van der Waals surface area contributed by atoms with Crippen molar-refractivity contribution in [1.29, 1.82) is 0 Å². The lowest BCUT2D eigenvalue weighted by Crippen LogP contribution is -2.48. The van der Waals surface area contributed by atoms with Crippen molar-refractivity contribution in [2.75, 3.05) is 13.1 Å². The first-order valence-electron chi connectivity index (χ1n) is 8.05. The molecule has 6 heteroatoms. The number of carbonyl (C=O) groups excluding carboxylic acids is 1. The third-order valence-electron chi connectivity index (χ3n) is 4.74. The molecule has 1 aromatic heterocycles. The number of amides is 1.